The van der Waals surface area contributed by atoms with Gasteiger partial charge < -0.3 is 0 Å². The quantitative estimate of drug-likeness (QED) is 0.663. The van der Waals surface area contributed by atoms with Gasteiger partial charge in [-0.2, -0.15) is 5.26 Å². The van der Waals surface area contributed by atoms with E-state index in [2.05, 4.69) is 11.1 Å². The fourth-order valence-electron chi connectivity index (χ4n) is 2.08. The summed E-state index contributed by atoms with van der Waals surface area (Å²) >= 11 is 5.82. The van der Waals surface area contributed by atoms with Gasteiger partial charge in [0, 0.05) is 0 Å². The summed E-state index contributed by atoms with van der Waals surface area (Å²) in [6.07, 6.45) is 4.05. The topological polar surface area (TPSA) is 36.7 Å². The monoisotopic (exact) mass is 206 g/mol. The molecule has 14 heavy (non-hydrogen) atoms. The van der Waals surface area contributed by atoms with E-state index in [4.69, 9.17) is 11.6 Å². The third-order valence-corrected chi connectivity index (χ3v) is 3.09. The second-order valence-corrected chi connectivity index (χ2v) is 4.13. The fraction of sp³-hybridized carbons (Fsp3) is 0.455. The molecule has 1 aliphatic carbocycles. The van der Waals surface area contributed by atoms with E-state index in [0.717, 1.165) is 31.4 Å². The van der Waals surface area contributed by atoms with Crippen LogP contribution in [-0.4, -0.2) is 4.98 Å². The van der Waals surface area contributed by atoms with Crippen molar-refractivity contribution in [1.82, 2.24) is 4.98 Å². The van der Waals surface area contributed by atoms with Gasteiger partial charge in [-0.05, 0) is 25.0 Å². The molecule has 3 heteroatoms. The Morgan fingerprint density at radius 3 is 2.64 bits per heavy atom. The minimum absolute atomic E-state index is 0.370. The number of nitriles is 1. The fourth-order valence-corrected chi connectivity index (χ4v) is 2.24. The second-order valence-electron chi connectivity index (χ2n) is 3.75. The lowest BCUT2D eigenvalue weighted by atomic mass is 9.84. The molecule has 0 N–H and O–H groups in total. The third-order valence-electron chi connectivity index (χ3n) is 2.88. The summed E-state index contributed by atoms with van der Waals surface area (Å²) in [7, 11) is 0. The summed E-state index contributed by atoms with van der Waals surface area (Å²) in [5.41, 5.74) is 0.468. The summed E-state index contributed by atoms with van der Waals surface area (Å²) < 4.78 is 0. The molecular weight excluding hydrogens is 196 g/mol. The molecule has 0 saturated heterocycles. The van der Waals surface area contributed by atoms with Gasteiger partial charge in [-0.3, -0.25) is 0 Å². The zero-order chi connectivity index (χ0) is 10.0. The van der Waals surface area contributed by atoms with Crippen molar-refractivity contribution in [3.8, 4) is 6.07 Å². The van der Waals surface area contributed by atoms with E-state index in [1.807, 2.05) is 12.1 Å². The number of rotatable bonds is 1. The number of nitrogens with zero attached hydrogens (tertiary/aromatic N) is 2. The molecule has 1 aromatic heterocycles. The Labute approximate surface area is 88.5 Å². The molecule has 1 heterocycles. The molecule has 0 spiro atoms. The van der Waals surface area contributed by atoms with Crippen LogP contribution in [-0.2, 0) is 5.41 Å². The van der Waals surface area contributed by atoms with Gasteiger partial charge in [0.25, 0.3) is 0 Å². The smallest absolute Gasteiger partial charge is 0.129 e. The van der Waals surface area contributed by atoms with Crippen LogP contribution in [0.3, 0.4) is 0 Å². The van der Waals surface area contributed by atoms with Crippen LogP contribution in [0.4, 0.5) is 0 Å². The molecule has 2 rings (SSSR count). The van der Waals surface area contributed by atoms with Crippen LogP contribution in [0, 0.1) is 11.3 Å². The maximum Gasteiger partial charge on any atom is 0.129 e. The van der Waals surface area contributed by atoms with Crippen LogP contribution in [0.25, 0.3) is 0 Å². The Kier molecular flexibility index (Phi) is 2.43. The van der Waals surface area contributed by atoms with Gasteiger partial charge in [0.1, 0.15) is 5.15 Å². The molecule has 2 nitrogen and oxygen atoms in total. The minimum Gasteiger partial charge on any atom is -0.239 e. The standard InChI is InChI=1S/C11H11ClN2/c12-10-5-3-4-9(14-10)11(8-13)6-1-2-7-11/h3-5H,1-2,6-7H2. The maximum atomic E-state index is 9.23. The summed E-state index contributed by atoms with van der Waals surface area (Å²) in [6.45, 7) is 0. The molecule has 1 aromatic rings. The molecule has 0 bridgehead atoms. The SMILES string of the molecule is N#CC1(c2cccc(Cl)n2)CCCC1. The Hall–Kier alpha value is -1.07. The summed E-state index contributed by atoms with van der Waals surface area (Å²) in [5.74, 6) is 0. The molecular formula is C11H11ClN2. The lowest BCUT2D eigenvalue weighted by Crippen LogP contribution is -2.20. The Balaban J connectivity index is 2.42. The molecule has 0 aliphatic heterocycles. The molecule has 1 saturated carbocycles. The molecule has 0 aromatic carbocycles. The van der Waals surface area contributed by atoms with E-state index in [9.17, 15) is 5.26 Å². The Morgan fingerprint density at radius 2 is 2.07 bits per heavy atom. The van der Waals surface area contributed by atoms with Gasteiger partial charge in [0.15, 0.2) is 0 Å². The first-order valence-corrected chi connectivity index (χ1v) is 5.19. The first kappa shape index (κ1) is 9.48. The van der Waals surface area contributed by atoms with Crippen LogP contribution >= 0.6 is 11.6 Å². The summed E-state index contributed by atoms with van der Waals surface area (Å²) in [6, 6.07) is 7.91. The van der Waals surface area contributed by atoms with Crippen LogP contribution in [0.5, 0.6) is 0 Å². The normalized spacial score (nSPS) is 19.1. The van der Waals surface area contributed by atoms with Crippen molar-refractivity contribution in [2.75, 3.05) is 0 Å². The largest absolute Gasteiger partial charge is 0.239 e. The van der Waals surface area contributed by atoms with Crippen molar-refractivity contribution in [3.05, 3.63) is 29.0 Å². The number of pyridine rings is 1. The second kappa shape index (κ2) is 3.59. The van der Waals surface area contributed by atoms with E-state index < -0.39 is 0 Å². The van der Waals surface area contributed by atoms with E-state index in [1.54, 1.807) is 6.07 Å². The van der Waals surface area contributed by atoms with Crippen molar-refractivity contribution in [1.29, 1.82) is 5.26 Å². The van der Waals surface area contributed by atoms with Crippen molar-refractivity contribution in [2.45, 2.75) is 31.1 Å². The van der Waals surface area contributed by atoms with Crippen molar-refractivity contribution >= 4 is 11.6 Å². The number of halogens is 1. The highest BCUT2D eigenvalue weighted by Crippen LogP contribution is 2.39. The summed E-state index contributed by atoms with van der Waals surface area (Å²) in [4.78, 5) is 4.24. The van der Waals surface area contributed by atoms with Gasteiger partial charge in [0.2, 0.25) is 0 Å². The average molecular weight is 207 g/mol. The van der Waals surface area contributed by atoms with Gasteiger partial charge in [-0.1, -0.05) is 30.5 Å². The lowest BCUT2D eigenvalue weighted by Gasteiger charge is -2.19. The zero-order valence-corrected chi connectivity index (χ0v) is 8.59. The minimum atomic E-state index is -0.370. The third kappa shape index (κ3) is 1.49. The van der Waals surface area contributed by atoms with Gasteiger partial charge in [-0.15, -0.1) is 0 Å². The van der Waals surface area contributed by atoms with Gasteiger partial charge in [-0.25, -0.2) is 4.98 Å². The van der Waals surface area contributed by atoms with Crippen molar-refractivity contribution in [2.24, 2.45) is 0 Å². The molecule has 72 valence electrons. The van der Waals surface area contributed by atoms with E-state index >= 15 is 0 Å². The molecule has 0 unspecified atom stereocenters. The van der Waals surface area contributed by atoms with E-state index in [1.165, 1.54) is 0 Å². The van der Waals surface area contributed by atoms with E-state index in [-0.39, 0.29) is 5.41 Å². The van der Waals surface area contributed by atoms with Crippen LogP contribution in [0.1, 0.15) is 31.4 Å². The predicted molar refractivity (Wildman–Crippen MR) is 55.0 cm³/mol. The molecule has 0 radical (unpaired) electrons. The maximum absolute atomic E-state index is 9.23. The first-order valence-electron chi connectivity index (χ1n) is 4.81. The number of aromatic nitrogens is 1. The number of hydrogen-bond acceptors (Lipinski definition) is 2. The highest BCUT2D eigenvalue weighted by Gasteiger charge is 2.37. The molecule has 0 amide bonds. The number of hydrogen-bond donors (Lipinski definition) is 0. The molecule has 0 atom stereocenters. The van der Waals surface area contributed by atoms with Gasteiger partial charge >= 0.3 is 0 Å². The van der Waals surface area contributed by atoms with Crippen molar-refractivity contribution < 1.29 is 0 Å². The van der Waals surface area contributed by atoms with Crippen LogP contribution < -0.4 is 0 Å². The Bertz CT molecular complexity index is 375. The molecule has 1 fully saturated rings. The van der Waals surface area contributed by atoms with E-state index in [0.29, 0.717) is 5.15 Å². The molecule has 1 aliphatic rings. The first-order chi connectivity index (χ1) is 6.77. The van der Waals surface area contributed by atoms with Crippen LogP contribution in [0.2, 0.25) is 5.15 Å². The lowest BCUT2D eigenvalue weighted by molar-refractivity contribution is 0.554. The highest BCUT2D eigenvalue weighted by atomic mass is 35.5. The zero-order valence-electron chi connectivity index (χ0n) is 7.83. The van der Waals surface area contributed by atoms with Gasteiger partial charge in [0.05, 0.1) is 17.2 Å². The predicted octanol–water partition coefficient (Wildman–Crippen LogP) is 3.07. The highest BCUT2D eigenvalue weighted by molar-refractivity contribution is 6.29. The Morgan fingerprint density at radius 1 is 1.36 bits per heavy atom. The van der Waals surface area contributed by atoms with Crippen LogP contribution in [0.15, 0.2) is 18.2 Å². The van der Waals surface area contributed by atoms with Crippen molar-refractivity contribution in [3.63, 3.8) is 0 Å². The summed E-state index contributed by atoms with van der Waals surface area (Å²) in [5, 5.41) is 9.70. The average Bonchev–Trinajstić information content (AvgIpc) is 2.67.